The molecule has 1 rings (SSSR count). The Labute approximate surface area is 54.6 Å². The fraction of sp³-hybridized carbons (Fsp3) is 0.833. The quantitative estimate of drug-likeness (QED) is 0.467. The van der Waals surface area contributed by atoms with Crippen LogP contribution < -0.4 is 11.1 Å². The molecule has 1 saturated heterocycles. The minimum Gasteiger partial charge on any atom is -0.355 e. The predicted molar refractivity (Wildman–Crippen MR) is 34.8 cm³/mol. The summed E-state index contributed by atoms with van der Waals surface area (Å²) >= 11 is 0. The molecule has 0 aromatic carbocycles. The van der Waals surface area contributed by atoms with E-state index in [1.165, 1.54) is 0 Å². The van der Waals surface area contributed by atoms with E-state index < -0.39 is 0 Å². The first kappa shape index (κ1) is 6.55. The summed E-state index contributed by atoms with van der Waals surface area (Å²) in [5, 5.41) is 2.73. The van der Waals surface area contributed by atoms with Gasteiger partial charge in [-0.25, -0.2) is 0 Å². The van der Waals surface area contributed by atoms with E-state index in [1.807, 2.05) is 0 Å². The van der Waals surface area contributed by atoms with Crippen molar-refractivity contribution in [1.29, 1.82) is 0 Å². The van der Waals surface area contributed by atoms with E-state index in [-0.39, 0.29) is 11.9 Å². The Morgan fingerprint density at radius 2 is 2.33 bits per heavy atom. The number of hydrogen-bond donors (Lipinski definition) is 2. The van der Waals surface area contributed by atoms with Gasteiger partial charge in [0.2, 0.25) is 5.91 Å². The van der Waals surface area contributed by atoms with Crippen LogP contribution in [0, 0.1) is 0 Å². The fourth-order valence-electron chi connectivity index (χ4n) is 0.963. The molecule has 1 atom stereocenters. The normalized spacial score (nSPS) is 29.0. The Hall–Kier alpha value is -0.570. The van der Waals surface area contributed by atoms with Gasteiger partial charge in [-0.15, -0.1) is 0 Å². The molecule has 1 amide bonds. The summed E-state index contributed by atoms with van der Waals surface area (Å²) in [7, 11) is 0. The van der Waals surface area contributed by atoms with Gasteiger partial charge in [0.05, 0.1) is 6.04 Å². The Balaban J connectivity index is 2.41. The van der Waals surface area contributed by atoms with E-state index >= 15 is 0 Å². The molecule has 0 aromatic heterocycles. The summed E-state index contributed by atoms with van der Waals surface area (Å²) in [6.45, 7) is 0.798. The van der Waals surface area contributed by atoms with Gasteiger partial charge < -0.3 is 11.1 Å². The van der Waals surface area contributed by atoms with Crippen LogP contribution in [0.3, 0.4) is 0 Å². The van der Waals surface area contributed by atoms with Gasteiger partial charge >= 0.3 is 0 Å². The monoisotopic (exact) mass is 128 g/mol. The third-order valence-corrected chi connectivity index (χ3v) is 1.58. The minimum atomic E-state index is -0.257. The number of hydrogen-bond acceptors (Lipinski definition) is 2. The maximum Gasteiger partial charge on any atom is 0.236 e. The van der Waals surface area contributed by atoms with Crippen molar-refractivity contribution in [3.8, 4) is 0 Å². The average molecular weight is 128 g/mol. The Morgan fingerprint density at radius 1 is 1.56 bits per heavy atom. The van der Waals surface area contributed by atoms with Crippen LogP contribution in [0.15, 0.2) is 0 Å². The smallest absolute Gasteiger partial charge is 0.236 e. The van der Waals surface area contributed by atoms with Crippen LogP contribution in [0.25, 0.3) is 0 Å². The predicted octanol–water partition coefficient (Wildman–Crippen LogP) is -0.386. The van der Waals surface area contributed by atoms with Crippen LogP contribution >= 0.6 is 0 Å². The van der Waals surface area contributed by atoms with Crippen molar-refractivity contribution in [2.24, 2.45) is 5.73 Å². The summed E-state index contributed by atoms with van der Waals surface area (Å²) in [5.41, 5.74) is 5.47. The van der Waals surface area contributed by atoms with Gasteiger partial charge in [0, 0.05) is 6.54 Å². The van der Waals surface area contributed by atoms with E-state index in [0.29, 0.717) is 0 Å². The van der Waals surface area contributed by atoms with Crippen molar-refractivity contribution in [2.75, 3.05) is 6.54 Å². The molecule has 9 heavy (non-hydrogen) atoms. The molecule has 0 saturated carbocycles. The van der Waals surface area contributed by atoms with Gasteiger partial charge in [-0.05, 0) is 19.3 Å². The lowest BCUT2D eigenvalue weighted by Gasteiger charge is -2.03. The molecule has 0 unspecified atom stereocenters. The highest BCUT2D eigenvalue weighted by Gasteiger charge is 2.14. The largest absolute Gasteiger partial charge is 0.355 e. The zero-order valence-corrected chi connectivity index (χ0v) is 5.39. The Bertz CT molecular complexity index is 114. The van der Waals surface area contributed by atoms with E-state index in [1.54, 1.807) is 0 Å². The Morgan fingerprint density at radius 3 is 3.11 bits per heavy atom. The maximum atomic E-state index is 10.8. The van der Waals surface area contributed by atoms with Gasteiger partial charge in [-0.2, -0.15) is 0 Å². The van der Waals surface area contributed by atoms with E-state index in [0.717, 1.165) is 25.8 Å². The number of nitrogens with two attached hydrogens (primary N) is 1. The van der Waals surface area contributed by atoms with E-state index in [9.17, 15) is 4.79 Å². The fourth-order valence-corrected chi connectivity index (χ4v) is 0.963. The molecule has 1 aliphatic heterocycles. The second-order valence-corrected chi connectivity index (χ2v) is 2.39. The molecule has 3 nitrogen and oxygen atoms in total. The van der Waals surface area contributed by atoms with E-state index in [2.05, 4.69) is 5.32 Å². The number of carbonyl (C=O) groups excluding carboxylic acids is 1. The zero-order valence-electron chi connectivity index (χ0n) is 5.39. The molecule has 1 heterocycles. The van der Waals surface area contributed by atoms with Crippen LogP contribution in [0.5, 0.6) is 0 Å². The average Bonchev–Trinajstić information content (AvgIpc) is 1.99. The first-order chi connectivity index (χ1) is 4.30. The molecular weight excluding hydrogens is 116 g/mol. The first-order valence-electron chi connectivity index (χ1n) is 3.34. The number of nitrogens with one attached hydrogen (secondary N) is 1. The number of amides is 1. The number of rotatable bonds is 0. The molecule has 0 aromatic rings. The third-order valence-electron chi connectivity index (χ3n) is 1.58. The van der Waals surface area contributed by atoms with Crippen LogP contribution in [0.4, 0.5) is 0 Å². The lowest BCUT2D eigenvalue weighted by molar-refractivity contribution is -0.122. The highest BCUT2D eigenvalue weighted by atomic mass is 16.2. The molecule has 3 heteroatoms. The summed E-state index contributed by atoms with van der Waals surface area (Å²) < 4.78 is 0. The SMILES string of the molecule is N[C@@H]1CCCCNC1=O. The zero-order chi connectivity index (χ0) is 6.69. The van der Waals surface area contributed by atoms with E-state index in [4.69, 9.17) is 5.73 Å². The highest BCUT2D eigenvalue weighted by Crippen LogP contribution is 2.01. The molecule has 1 fully saturated rings. The molecule has 1 aliphatic rings. The lowest BCUT2D eigenvalue weighted by Crippen LogP contribution is -2.38. The van der Waals surface area contributed by atoms with Crippen molar-refractivity contribution < 1.29 is 4.79 Å². The maximum absolute atomic E-state index is 10.8. The second-order valence-electron chi connectivity index (χ2n) is 2.39. The summed E-state index contributed by atoms with van der Waals surface area (Å²) in [6, 6.07) is -0.257. The minimum absolute atomic E-state index is 0.00694. The molecule has 3 N–H and O–H groups in total. The number of carbonyl (C=O) groups is 1. The highest BCUT2D eigenvalue weighted by molar-refractivity contribution is 5.81. The van der Waals surface area contributed by atoms with Crippen LogP contribution in [0.1, 0.15) is 19.3 Å². The molecule has 52 valence electrons. The van der Waals surface area contributed by atoms with Gasteiger partial charge in [0.1, 0.15) is 0 Å². The summed E-state index contributed by atoms with van der Waals surface area (Å²) in [5.74, 6) is 0.00694. The van der Waals surface area contributed by atoms with Crippen LogP contribution in [-0.4, -0.2) is 18.5 Å². The van der Waals surface area contributed by atoms with Gasteiger partial charge in [-0.3, -0.25) is 4.79 Å². The Kier molecular flexibility index (Phi) is 2.05. The van der Waals surface area contributed by atoms with Crippen molar-refractivity contribution in [2.45, 2.75) is 25.3 Å². The van der Waals surface area contributed by atoms with Crippen LogP contribution in [-0.2, 0) is 4.79 Å². The molecular formula is C6H12N2O. The van der Waals surface area contributed by atoms with Crippen LogP contribution in [0.2, 0.25) is 0 Å². The standard InChI is InChI=1S/C6H12N2O/c7-5-3-1-2-4-8-6(5)9/h5H,1-4,7H2,(H,8,9)/t5-/m1/s1. The topological polar surface area (TPSA) is 55.1 Å². The molecule has 0 bridgehead atoms. The first-order valence-corrected chi connectivity index (χ1v) is 3.34. The lowest BCUT2D eigenvalue weighted by atomic mass is 10.1. The molecule has 0 aliphatic carbocycles. The third kappa shape index (κ3) is 1.68. The van der Waals surface area contributed by atoms with Crippen molar-refractivity contribution >= 4 is 5.91 Å². The van der Waals surface area contributed by atoms with Crippen molar-refractivity contribution in [1.82, 2.24) is 5.32 Å². The van der Waals surface area contributed by atoms with Crippen molar-refractivity contribution in [3.63, 3.8) is 0 Å². The van der Waals surface area contributed by atoms with Gasteiger partial charge in [0.25, 0.3) is 0 Å². The van der Waals surface area contributed by atoms with Gasteiger partial charge in [-0.1, -0.05) is 0 Å². The van der Waals surface area contributed by atoms with Gasteiger partial charge in [0.15, 0.2) is 0 Å². The summed E-state index contributed by atoms with van der Waals surface area (Å²) in [6.07, 6.45) is 2.98. The second kappa shape index (κ2) is 2.82. The van der Waals surface area contributed by atoms with Crippen molar-refractivity contribution in [3.05, 3.63) is 0 Å². The molecule has 0 radical (unpaired) electrons. The molecule has 0 spiro atoms. The summed E-state index contributed by atoms with van der Waals surface area (Å²) in [4.78, 5) is 10.8.